The van der Waals surface area contributed by atoms with Gasteiger partial charge in [-0.2, -0.15) is 0 Å². The number of ketones is 1. The summed E-state index contributed by atoms with van der Waals surface area (Å²) in [6.45, 7) is 13.5. The highest BCUT2D eigenvalue weighted by atomic mass is 16.3. The fourth-order valence-corrected chi connectivity index (χ4v) is 8.66. The minimum Gasteiger partial charge on any atom is -0.377 e. The van der Waals surface area contributed by atoms with E-state index in [4.69, 9.17) is 0 Å². The van der Waals surface area contributed by atoms with Crippen LogP contribution >= 0.6 is 0 Å². The Balaban J connectivity index is 1.38. The molecule has 1 saturated heterocycles. The van der Waals surface area contributed by atoms with Crippen molar-refractivity contribution in [3.63, 3.8) is 0 Å². The fraction of sp³-hybridized carbons (Fsp3) is 0.611. The largest absolute Gasteiger partial charge is 0.377 e. The summed E-state index contributed by atoms with van der Waals surface area (Å²) in [7, 11) is 0. The average molecular weight is 555 g/mol. The Labute approximate surface area is 246 Å². The van der Waals surface area contributed by atoms with Gasteiger partial charge in [-0.1, -0.05) is 36.5 Å². The van der Waals surface area contributed by atoms with Crippen molar-refractivity contribution in [3.05, 3.63) is 52.6 Å². The number of hydrogen-bond acceptors (Lipinski definition) is 4. The molecule has 0 unspecified atom stereocenters. The molecule has 1 aromatic rings. The van der Waals surface area contributed by atoms with Crippen molar-refractivity contribution in [3.8, 4) is 11.8 Å². The lowest BCUT2D eigenvalue weighted by Gasteiger charge is -2.53. The van der Waals surface area contributed by atoms with E-state index in [1.807, 2.05) is 11.0 Å². The molecule has 5 heteroatoms. The molecule has 4 aliphatic carbocycles. The van der Waals surface area contributed by atoms with E-state index in [0.717, 1.165) is 64.7 Å². The lowest BCUT2D eigenvalue weighted by atomic mass is 9.51. The van der Waals surface area contributed by atoms with Crippen molar-refractivity contribution < 1.29 is 14.7 Å². The van der Waals surface area contributed by atoms with Gasteiger partial charge in [0.25, 0.3) is 0 Å². The molecule has 1 amide bonds. The predicted octanol–water partition coefficient (Wildman–Crippen LogP) is 6.04. The fourth-order valence-electron chi connectivity index (χ4n) is 8.66. The predicted molar refractivity (Wildman–Crippen MR) is 163 cm³/mol. The van der Waals surface area contributed by atoms with Crippen molar-refractivity contribution in [2.24, 2.45) is 22.7 Å². The molecular formula is C36H46N2O3. The van der Waals surface area contributed by atoms with Crippen molar-refractivity contribution in [2.45, 2.75) is 91.1 Å². The summed E-state index contributed by atoms with van der Waals surface area (Å²) in [5.74, 6) is 8.28. The minimum absolute atomic E-state index is 0.151. The molecule has 1 heterocycles. The number of amides is 1. The third-order valence-corrected chi connectivity index (χ3v) is 10.9. The lowest BCUT2D eigenvalue weighted by Crippen LogP contribution is -2.51. The number of rotatable bonds is 2. The molecule has 218 valence electrons. The molecule has 5 atom stereocenters. The number of piperazine rings is 1. The van der Waals surface area contributed by atoms with Gasteiger partial charge in [-0.05, 0) is 106 Å². The summed E-state index contributed by atoms with van der Waals surface area (Å²) in [6.07, 6.45) is 8.01. The monoisotopic (exact) mass is 554 g/mol. The zero-order valence-corrected chi connectivity index (χ0v) is 25.6. The van der Waals surface area contributed by atoms with E-state index in [0.29, 0.717) is 18.3 Å². The molecule has 41 heavy (non-hydrogen) atoms. The van der Waals surface area contributed by atoms with E-state index in [2.05, 4.69) is 68.7 Å². The van der Waals surface area contributed by atoms with Crippen LogP contribution in [0.15, 0.2) is 47.1 Å². The molecule has 2 saturated carbocycles. The van der Waals surface area contributed by atoms with Gasteiger partial charge in [-0.25, -0.2) is 0 Å². The van der Waals surface area contributed by atoms with Crippen molar-refractivity contribution >= 4 is 17.4 Å². The van der Waals surface area contributed by atoms with Crippen LogP contribution in [0.2, 0.25) is 0 Å². The average Bonchev–Trinajstić information content (AvgIpc) is 3.21. The quantitative estimate of drug-likeness (QED) is 0.453. The SMILES string of the molecule is CC(=O)N1CCN(c2ccc([C@H]3C[C@@]4(C)[C@@H](CC[C@@]4(O)C#CC(C)(C)C)[C@@H]4CCC5=CC(=O)CCC5=C43)cc2)CC1. The zero-order valence-electron chi connectivity index (χ0n) is 25.6. The van der Waals surface area contributed by atoms with E-state index in [1.165, 1.54) is 22.4 Å². The van der Waals surface area contributed by atoms with Crippen molar-refractivity contribution in [2.75, 3.05) is 31.1 Å². The third-order valence-electron chi connectivity index (χ3n) is 10.9. The van der Waals surface area contributed by atoms with E-state index in [-0.39, 0.29) is 28.4 Å². The standard InChI is InChI=1S/C36H46N2O3/c1-24(39)37-18-20-38(21-19-37)27-9-6-25(7-10-27)31-23-35(5)32(14-15-36(35,41)17-16-34(2,3)4)30-12-8-26-22-28(40)11-13-29(26)33(30)31/h6-7,9-10,22,30-32,41H,8,11-15,18-21,23H2,1-5H3/t30-,31+,32-,35-,36+/m0/s1. The van der Waals surface area contributed by atoms with Crippen LogP contribution in [0.1, 0.15) is 91.0 Å². The number of aliphatic hydroxyl groups is 1. The summed E-state index contributed by atoms with van der Waals surface area (Å²) >= 11 is 0. The van der Waals surface area contributed by atoms with E-state index < -0.39 is 5.60 Å². The van der Waals surface area contributed by atoms with E-state index in [9.17, 15) is 14.7 Å². The number of fused-ring (bicyclic) bond motifs is 4. The van der Waals surface area contributed by atoms with Crippen LogP contribution in [-0.2, 0) is 9.59 Å². The number of carbonyl (C=O) groups excluding carboxylic acids is 2. The molecule has 5 nitrogen and oxygen atoms in total. The number of allylic oxidation sites excluding steroid dienone is 4. The minimum atomic E-state index is -0.992. The molecule has 0 radical (unpaired) electrons. The Kier molecular flexibility index (Phi) is 7.01. The Bertz CT molecular complexity index is 1360. The topological polar surface area (TPSA) is 60.9 Å². The van der Waals surface area contributed by atoms with E-state index >= 15 is 0 Å². The first kappa shape index (κ1) is 28.3. The van der Waals surface area contributed by atoms with Gasteiger partial charge >= 0.3 is 0 Å². The highest BCUT2D eigenvalue weighted by molar-refractivity contribution is 5.93. The molecule has 0 spiro atoms. The number of benzene rings is 1. The van der Waals surface area contributed by atoms with Crippen LogP contribution in [0.4, 0.5) is 5.69 Å². The molecule has 1 N–H and O–H groups in total. The summed E-state index contributed by atoms with van der Waals surface area (Å²) in [4.78, 5) is 28.5. The lowest BCUT2D eigenvalue weighted by molar-refractivity contribution is -0.129. The van der Waals surface area contributed by atoms with Crippen LogP contribution in [0, 0.1) is 34.5 Å². The second-order valence-electron chi connectivity index (χ2n) is 14.5. The number of anilines is 1. The first-order valence-corrected chi connectivity index (χ1v) is 15.7. The third kappa shape index (κ3) is 4.97. The van der Waals surface area contributed by atoms with Gasteiger partial charge in [0.2, 0.25) is 5.91 Å². The van der Waals surface area contributed by atoms with Crippen LogP contribution in [0.25, 0.3) is 0 Å². The normalized spacial score (nSPS) is 33.4. The number of carbonyl (C=O) groups is 2. The molecular weight excluding hydrogens is 508 g/mol. The second-order valence-corrected chi connectivity index (χ2v) is 14.5. The molecule has 5 aliphatic rings. The van der Waals surface area contributed by atoms with Gasteiger partial charge in [0.05, 0.1) is 0 Å². The Morgan fingerprint density at radius 3 is 2.39 bits per heavy atom. The van der Waals surface area contributed by atoms with Gasteiger partial charge in [-0.15, -0.1) is 0 Å². The highest BCUT2D eigenvalue weighted by Gasteiger charge is 2.62. The number of hydrogen-bond donors (Lipinski definition) is 1. The van der Waals surface area contributed by atoms with Crippen molar-refractivity contribution in [1.82, 2.24) is 4.90 Å². The second kappa shape index (κ2) is 10.2. The molecule has 0 aromatic heterocycles. The Hall–Kier alpha value is -2.84. The van der Waals surface area contributed by atoms with Gasteiger partial charge in [-0.3, -0.25) is 9.59 Å². The zero-order chi connectivity index (χ0) is 29.2. The molecule has 1 aliphatic heterocycles. The van der Waals surface area contributed by atoms with E-state index in [1.54, 1.807) is 12.5 Å². The Morgan fingerprint density at radius 1 is 1.02 bits per heavy atom. The van der Waals surface area contributed by atoms with Crippen LogP contribution in [0.3, 0.4) is 0 Å². The summed E-state index contributed by atoms with van der Waals surface area (Å²) < 4.78 is 0. The maximum Gasteiger partial charge on any atom is 0.219 e. The smallest absolute Gasteiger partial charge is 0.219 e. The first-order chi connectivity index (χ1) is 19.4. The maximum absolute atomic E-state index is 12.4. The number of nitrogens with zero attached hydrogens (tertiary/aromatic N) is 2. The summed E-state index contributed by atoms with van der Waals surface area (Å²) in [5, 5.41) is 12.2. The first-order valence-electron chi connectivity index (χ1n) is 15.7. The highest BCUT2D eigenvalue weighted by Crippen LogP contribution is 2.66. The molecule has 3 fully saturated rings. The summed E-state index contributed by atoms with van der Waals surface area (Å²) in [6, 6.07) is 9.09. The van der Waals surface area contributed by atoms with Gasteiger partial charge < -0.3 is 14.9 Å². The van der Waals surface area contributed by atoms with Gasteiger partial charge in [0.15, 0.2) is 5.78 Å². The molecule has 6 rings (SSSR count). The van der Waals surface area contributed by atoms with Crippen LogP contribution in [0.5, 0.6) is 0 Å². The summed E-state index contributed by atoms with van der Waals surface area (Å²) in [5.41, 5.74) is 5.32. The van der Waals surface area contributed by atoms with Gasteiger partial charge in [0, 0.05) is 62.0 Å². The van der Waals surface area contributed by atoms with Crippen LogP contribution in [-0.4, -0.2) is 53.5 Å². The molecule has 1 aromatic carbocycles. The van der Waals surface area contributed by atoms with Crippen molar-refractivity contribution in [1.29, 1.82) is 0 Å². The van der Waals surface area contributed by atoms with Gasteiger partial charge in [0.1, 0.15) is 5.60 Å². The maximum atomic E-state index is 12.4. The van der Waals surface area contributed by atoms with Crippen LogP contribution < -0.4 is 4.90 Å². The Morgan fingerprint density at radius 2 is 1.73 bits per heavy atom. The molecule has 0 bridgehead atoms.